The van der Waals surface area contributed by atoms with Crippen LogP contribution in [0, 0.1) is 6.92 Å². The fourth-order valence-corrected chi connectivity index (χ4v) is 1.60. The van der Waals surface area contributed by atoms with Crippen LogP contribution in [0.1, 0.15) is 11.7 Å². The van der Waals surface area contributed by atoms with Crippen LogP contribution in [-0.4, -0.2) is 29.7 Å². The standard InChI is InChI=1S/C13H16N4O3/c1-9-15-13(20-17-9)8-14-7-12(18)16-10-4-3-5-11(6-10)19-2/h3-6,14H,7-8H2,1-2H3,(H,16,18). The van der Waals surface area contributed by atoms with E-state index in [0.29, 0.717) is 29.7 Å². The Balaban J connectivity index is 1.77. The lowest BCUT2D eigenvalue weighted by Gasteiger charge is -2.07. The van der Waals surface area contributed by atoms with Crippen LogP contribution in [0.3, 0.4) is 0 Å². The van der Waals surface area contributed by atoms with Gasteiger partial charge in [-0.15, -0.1) is 0 Å². The zero-order chi connectivity index (χ0) is 14.4. The topological polar surface area (TPSA) is 89.3 Å². The molecular weight excluding hydrogens is 260 g/mol. The van der Waals surface area contributed by atoms with Crippen LogP contribution in [0.2, 0.25) is 0 Å². The van der Waals surface area contributed by atoms with Crippen molar-refractivity contribution in [3.05, 3.63) is 36.0 Å². The van der Waals surface area contributed by atoms with E-state index in [0.717, 1.165) is 0 Å². The quantitative estimate of drug-likeness (QED) is 0.821. The van der Waals surface area contributed by atoms with Crippen molar-refractivity contribution in [2.24, 2.45) is 0 Å². The highest BCUT2D eigenvalue weighted by atomic mass is 16.5. The van der Waals surface area contributed by atoms with E-state index in [1.54, 1.807) is 26.2 Å². The third kappa shape index (κ3) is 4.06. The van der Waals surface area contributed by atoms with Gasteiger partial charge in [0, 0.05) is 11.8 Å². The lowest BCUT2D eigenvalue weighted by molar-refractivity contribution is -0.115. The Bertz CT molecular complexity index is 583. The Hall–Kier alpha value is -2.41. The summed E-state index contributed by atoms with van der Waals surface area (Å²) in [6, 6.07) is 7.16. The van der Waals surface area contributed by atoms with Crippen LogP contribution in [0.15, 0.2) is 28.8 Å². The van der Waals surface area contributed by atoms with Crippen molar-refractivity contribution in [3.63, 3.8) is 0 Å². The van der Waals surface area contributed by atoms with E-state index in [2.05, 4.69) is 20.8 Å². The SMILES string of the molecule is COc1cccc(NC(=O)CNCc2nc(C)no2)c1. The van der Waals surface area contributed by atoms with Crippen LogP contribution in [0.25, 0.3) is 0 Å². The number of hydrogen-bond donors (Lipinski definition) is 2. The number of aryl methyl sites for hydroxylation is 1. The van der Waals surface area contributed by atoms with Crippen molar-refractivity contribution in [1.29, 1.82) is 0 Å². The Labute approximate surface area is 116 Å². The molecule has 0 unspecified atom stereocenters. The number of ether oxygens (including phenoxy) is 1. The molecule has 0 radical (unpaired) electrons. The molecule has 1 aromatic carbocycles. The molecule has 1 aromatic heterocycles. The molecule has 20 heavy (non-hydrogen) atoms. The van der Waals surface area contributed by atoms with Gasteiger partial charge in [-0.2, -0.15) is 4.98 Å². The number of benzene rings is 1. The van der Waals surface area contributed by atoms with Crippen LogP contribution < -0.4 is 15.4 Å². The average Bonchev–Trinajstić information content (AvgIpc) is 2.84. The molecule has 7 nitrogen and oxygen atoms in total. The van der Waals surface area contributed by atoms with Crippen molar-refractivity contribution in [1.82, 2.24) is 15.5 Å². The molecule has 106 valence electrons. The Kier molecular flexibility index (Phi) is 4.67. The van der Waals surface area contributed by atoms with Gasteiger partial charge in [-0.1, -0.05) is 11.2 Å². The van der Waals surface area contributed by atoms with E-state index in [4.69, 9.17) is 9.26 Å². The summed E-state index contributed by atoms with van der Waals surface area (Å²) < 4.78 is 10.0. The zero-order valence-electron chi connectivity index (χ0n) is 11.3. The maximum Gasteiger partial charge on any atom is 0.240 e. The molecule has 7 heteroatoms. The Morgan fingerprint density at radius 2 is 2.30 bits per heavy atom. The molecule has 0 saturated carbocycles. The number of nitrogens with zero attached hydrogens (tertiary/aromatic N) is 2. The van der Waals surface area contributed by atoms with Crippen molar-refractivity contribution in [2.45, 2.75) is 13.5 Å². The van der Waals surface area contributed by atoms with Crippen molar-refractivity contribution < 1.29 is 14.1 Å². The highest BCUT2D eigenvalue weighted by Crippen LogP contribution is 2.16. The van der Waals surface area contributed by atoms with Gasteiger partial charge in [0.15, 0.2) is 5.82 Å². The first kappa shape index (κ1) is 14.0. The van der Waals surface area contributed by atoms with E-state index in [9.17, 15) is 4.79 Å². The van der Waals surface area contributed by atoms with E-state index >= 15 is 0 Å². The van der Waals surface area contributed by atoms with Crippen LogP contribution in [-0.2, 0) is 11.3 Å². The lowest BCUT2D eigenvalue weighted by Crippen LogP contribution is -2.27. The zero-order valence-corrected chi connectivity index (χ0v) is 11.3. The van der Waals surface area contributed by atoms with Gasteiger partial charge in [0.2, 0.25) is 11.8 Å². The van der Waals surface area contributed by atoms with E-state index in [-0.39, 0.29) is 12.5 Å². The molecule has 2 aromatic rings. The van der Waals surface area contributed by atoms with E-state index < -0.39 is 0 Å². The summed E-state index contributed by atoms with van der Waals surface area (Å²) in [5.41, 5.74) is 0.685. The minimum atomic E-state index is -0.158. The van der Waals surface area contributed by atoms with Crippen molar-refractivity contribution in [2.75, 3.05) is 19.0 Å². The van der Waals surface area contributed by atoms with Gasteiger partial charge in [-0.25, -0.2) is 0 Å². The molecule has 1 amide bonds. The maximum absolute atomic E-state index is 11.7. The van der Waals surface area contributed by atoms with Gasteiger partial charge in [-0.3, -0.25) is 10.1 Å². The third-order valence-electron chi connectivity index (χ3n) is 2.48. The van der Waals surface area contributed by atoms with Crippen LogP contribution >= 0.6 is 0 Å². The largest absolute Gasteiger partial charge is 0.497 e. The fraction of sp³-hybridized carbons (Fsp3) is 0.308. The molecule has 0 spiro atoms. The number of anilines is 1. The fourth-order valence-electron chi connectivity index (χ4n) is 1.60. The smallest absolute Gasteiger partial charge is 0.240 e. The summed E-state index contributed by atoms with van der Waals surface area (Å²) in [6.45, 7) is 2.24. The molecule has 2 rings (SSSR count). The Morgan fingerprint density at radius 3 is 3.00 bits per heavy atom. The van der Waals surface area contributed by atoms with Gasteiger partial charge in [0.1, 0.15) is 5.75 Å². The molecule has 1 heterocycles. The van der Waals surface area contributed by atoms with Gasteiger partial charge in [-0.05, 0) is 19.1 Å². The lowest BCUT2D eigenvalue weighted by atomic mass is 10.3. The van der Waals surface area contributed by atoms with Gasteiger partial charge >= 0.3 is 0 Å². The van der Waals surface area contributed by atoms with Crippen LogP contribution in [0.4, 0.5) is 5.69 Å². The second kappa shape index (κ2) is 6.67. The number of hydrogen-bond acceptors (Lipinski definition) is 6. The highest BCUT2D eigenvalue weighted by Gasteiger charge is 2.05. The Morgan fingerprint density at radius 1 is 1.45 bits per heavy atom. The van der Waals surface area contributed by atoms with Crippen molar-refractivity contribution >= 4 is 11.6 Å². The first-order valence-electron chi connectivity index (χ1n) is 6.11. The maximum atomic E-state index is 11.7. The molecule has 0 fully saturated rings. The minimum absolute atomic E-state index is 0.151. The monoisotopic (exact) mass is 276 g/mol. The summed E-state index contributed by atoms with van der Waals surface area (Å²) in [7, 11) is 1.58. The number of amides is 1. The number of nitrogens with one attached hydrogen (secondary N) is 2. The molecule has 0 saturated heterocycles. The van der Waals surface area contributed by atoms with Crippen molar-refractivity contribution in [3.8, 4) is 5.75 Å². The highest BCUT2D eigenvalue weighted by molar-refractivity contribution is 5.92. The number of aromatic nitrogens is 2. The number of rotatable bonds is 6. The number of methoxy groups -OCH3 is 1. The second-order valence-corrected chi connectivity index (χ2v) is 4.12. The number of carbonyl (C=O) groups is 1. The third-order valence-corrected chi connectivity index (χ3v) is 2.48. The predicted molar refractivity (Wildman–Crippen MR) is 72.4 cm³/mol. The molecule has 0 aliphatic carbocycles. The first-order chi connectivity index (χ1) is 9.67. The molecule has 0 atom stereocenters. The van der Waals surface area contributed by atoms with Gasteiger partial charge in [0.05, 0.1) is 20.2 Å². The molecule has 0 aliphatic rings. The van der Waals surface area contributed by atoms with E-state index in [1.807, 2.05) is 12.1 Å². The van der Waals surface area contributed by atoms with Gasteiger partial charge < -0.3 is 14.6 Å². The first-order valence-corrected chi connectivity index (χ1v) is 6.11. The summed E-state index contributed by atoms with van der Waals surface area (Å²) in [6.07, 6.45) is 0. The molecular formula is C13H16N4O3. The summed E-state index contributed by atoms with van der Waals surface area (Å²) in [4.78, 5) is 15.8. The van der Waals surface area contributed by atoms with Crippen LogP contribution in [0.5, 0.6) is 5.75 Å². The number of carbonyl (C=O) groups excluding carboxylic acids is 1. The average molecular weight is 276 g/mol. The molecule has 2 N–H and O–H groups in total. The van der Waals surface area contributed by atoms with E-state index in [1.165, 1.54) is 0 Å². The normalized spacial score (nSPS) is 10.3. The molecule has 0 bridgehead atoms. The predicted octanol–water partition coefficient (Wildman–Crippen LogP) is 1.11. The summed E-state index contributed by atoms with van der Waals surface area (Å²) >= 11 is 0. The second-order valence-electron chi connectivity index (χ2n) is 4.12. The summed E-state index contributed by atoms with van der Waals surface area (Å²) in [5.74, 6) is 1.56. The molecule has 0 aliphatic heterocycles. The van der Waals surface area contributed by atoms with Gasteiger partial charge in [0.25, 0.3) is 0 Å². The minimum Gasteiger partial charge on any atom is -0.497 e. The summed E-state index contributed by atoms with van der Waals surface area (Å²) in [5, 5.41) is 9.34.